The topological polar surface area (TPSA) is 12.9 Å². The van der Waals surface area contributed by atoms with Gasteiger partial charge in [-0.2, -0.15) is 0 Å². The van der Waals surface area contributed by atoms with Crippen molar-refractivity contribution in [3.05, 3.63) is 13.4 Å². The number of hydrogen-bond acceptors (Lipinski definition) is 1. The van der Waals surface area contributed by atoms with Crippen LogP contribution in [0.4, 0.5) is 0 Å². The molecule has 0 saturated carbocycles. The molecule has 1 aromatic rings. The predicted octanol–water partition coefficient (Wildman–Crippen LogP) is 0.792. The molecule has 0 aliphatic carbocycles. The fraction of sp³-hybridized carbons (Fsp3) is 0. The van der Waals surface area contributed by atoms with Crippen molar-refractivity contribution < 1.29 is 0 Å². The number of aromatic nitrogens is 1. The molecule has 1 aromatic heterocycles. The zero-order chi connectivity index (χ0) is 4.41. The summed E-state index contributed by atoms with van der Waals surface area (Å²) in [7, 11) is 0. The summed E-state index contributed by atoms with van der Waals surface area (Å²) in [4.78, 5) is 3.80. The van der Waals surface area contributed by atoms with Gasteiger partial charge in [0, 0.05) is 0 Å². The summed E-state index contributed by atoms with van der Waals surface area (Å²) in [6.07, 6.45) is 1.71. The first kappa shape index (κ1) is 4.64. The molecule has 3 heteroatoms. The second-order valence-corrected chi connectivity index (χ2v) is 4.45. The van der Waals surface area contributed by atoms with E-state index < -0.39 is 0 Å². The van der Waals surface area contributed by atoms with Crippen LogP contribution in [0.5, 0.6) is 0 Å². The van der Waals surface area contributed by atoms with E-state index in [1.807, 2.05) is 4.21 Å². The molecule has 0 aromatic carbocycles. The van der Waals surface area contributed by atoms with Crippen LogP contribution in [0.3, 0.4) is 0 Å². The molecule has 0 N–H and O–H groups in total. The standard InChI is InChI=1S/C3H2ClNTe/c4-3-1-5-2-6-3/h1-2H. The van der Waals surface area contributed by atoms with Crippen LogP contribution < -0.4 is 0 Å². The third-order valence-corrected chi connectivity index (χ3v) is 2.69. The van der Waals surface area contributed by atoms with E-state index in [2.05, 4.69) is 4.98 Å². The molecule has 0 radical (unpaired) electrons. The van der Waals surface area contributed by atoms with Crippen molar-refractivity contribution in [2.75, 3.05) is 0 Å². The number of hydrogen-bond donors (Lipinski definition) is 0. The van der Waals surface area contributed by atoms with Gasteiger partial charge < -0.3 is 0 Å². The van der Waals surface area contributed by atoms with E-state index in [0.717, 1.165) is 3.04 Å². The second kappa shape index (κ2) is 1.97. The zero-order valence-electron chi connectivity index (χ0n) is 2.89. The fourth-order valence-electron chi connectivity index (χ4n) is 0.200. The quantitative estimate of drug-likeness (QED) is 0.583. The van der Waals surface area contributed by atoms with Crippen molar-refractivity contribution in [2.45, 2.75) is 0 Å². The van der Waals surface area contributed by atoms with Gasteiger partial charge in [0.1, 0.15) is 0 Å². The van der Waals surface area contributed by atoms with Gasteiger partial charge in [0.2, 0.25) is 0 Å². The van der Waals surface area contributed by atoms with Gasteiger partial charge >= 0.3 is 50.5 Å². The van der Waals surface area contributed by atoms with Crippen LogP contribution in [-0.2, 0) is 0 Å². The summed E-state index contributed by atoms with van der Waals surface area (Å²) in [5, 5.41) is 0. The predicted molar refractivity (Wildman–Crippen MR) is 26.2 cm³/mol. The molecule has 0 bridgehead atoms. The number of nitrogens with zero attached hydrogens (tertiary/aromatic N) is 1. The molecular formula is C3H2ClNTe. The summed E-state index contributed by atoms with van der Waals surface area (Å²) in [5.41, 5.74) is 0. The van der Waals surface area contributed by atoms with Crippen LogP contribution >= 0.6 is 11.6 Å². The van der Waals surface area contributed by atoms with Gasteiger partial charge in [0.15, 0.2) is 0 Å². The molecule has 0 amide bonds. The fourth-order valence-corrected chi connectivity index (χ4v) is 1.51. The first-order chi connectivity index (χ1) is 2.89. The Morgan fingerprint density at radius 2 is 2.67 bits per heavy atom. The summed E-state index contributed by atoms with van der Waals surface area (Å²) in [6.45, 7) is 0. The van der Waals surface area contributed by atoms with Gasteiger partial charge in [0.05, 0.1) is 0 Å². The van der Waals surface area contributed by atoms with Crippen LogP contribution in [0.2, 0.25) is 3.04 Å². The Kier molecular flexibility index (Phi) is 1.53. The van der Waals surface area contributed by atoms with Crippen molar-refractivity contribution in [2.24, 2.45) is 0 Å². The van der Waals surface area contributed by atoms with Crippen molar-refractivity contribution in [1.29, 1.82) is 0 Å². The normalized spacial score (nSPS) is 8.83. The van der Waals surface area contributed by atoms with Crippen LogP contribution in [0.25, 0.3) is 0 Å². The van der Waals surface area contributed by atoms with Crippen molar-refractivity contribution in [3.8, 4) is 0 Å². The minimum atomic E-state index is -0.132. The molecular weight excluding hydrogens is 213 g/mol. The molecule has 1 heterocycles. The monoisotopic (exact) mass is 217 g/mol. The van der Waals surface area contributed by atoms with Crippen LogP contribution in [0.1, 0.15) is 0 Å². The maximum absolute atomic E-state index is 5.51. The SMILES string of the molecule is Clc1cnc[te]1. The average Bonchev–Trinajstić information content (AvgIpc) is 1.86. The van der Waals surface area contributed by atoms with E-state index in [-0.39, 0.29) is 20.4 Å². The molecule has 0 aliphatic rings. The molecule has 6 heavy (non-hydrogen) atoms. The molecule has 1 rings (SSSR count). The summed E-state index contributed by atoms with van der Waals surface area (Å²) < 4.78 is 2.87. The van der Waals surface area contributed by atoms with Crippen LogP contribution in [0, 0.1) is 0 Å². The van der Waals surface area contributed by atoms with Gasteiger partial charge in [-0.1, -0.05) is 0 Å². The molecule has 0 unspecified atom stereocenters. The zero-order valence-corrected chi connectivity index (χ0v) is 5.97. The third kappa shape index (κ3) is 0.975. The molecule has 1 nitrogen and oxygen atoms in total. The van der Waals surface area contributed by atoms with E-state index in [0.29, 0.717) is 0 Å². The number of halogens is 1. The first-order valence-electron chi connectivity index (χ1n) is 1.43. The Hall–Kier alpha value is 0.490. The van der Waals surface area contributed by atoms with E-state index >= 15 is 0 Å². The van der Waals surface area contributed by atoms with Gasteiger partial charge in [-0.25, -0.2) is 0 Å². The Balaban J connectivity index is 3.05. The van der Waals surface area contributed by atoms with Crippen molar-refractivity contribution in [3.63, 3.8) is 0 Å². The Labute approximate surface area is 50.6 Å². The van der Waals surface area contributed by atoms with Crippen LogP contribution in [0.15, 0.2) is 10.4 Å². The van der Waals surface area contributed by atoms with E-state index in [1.165, 1.54) is 0 Å². The van der Waals surface area contributed by atoms with Gasteiger partial charge in [-0.3, -0.25) is 0 Å². The van der Waals surface area contributed by atoms with Gasteiger partial charge in [0.25, 0.3) is 0 Å². The van der Waals surface area contributed by atoms with E-state index in [1.54, 1.807) is 6.20 Å². The van der Waals surface area contributed by atoms with Crippen molar-refractivity contribution in [1.82, 2.24) is 4.98 Å². The molecule has 0 aliphatic heterocycles. The molecule has 32 valence electrons. The Bertz CT molecular complexity index is 114. The average molecular weight is 215 g/mol. The second-order valence-electron chi connectivity index (χ2n) is 0.806. The summed E-state index contributed by atoms with van der Waals surface area (Å²) in [6, 6.07) is 0. The Morgan fingerprint density at radius 3 is 2.83 bits per heavy atom. The molecule has 0 atom stereocenters. The van der Waals surface area contributed by atoms with E-state index in [9.17, 15) is 0 Å². The summed E-state index contributed by atoms with van der Waals surface area (Å²) >= 11 is 5.37. The molecule has 0 saturated heterocycles. The molecule has 0 fully saturated rings. The maximum atomic E-state index is 5.51. The minimum absolute atomic E-state index is 0.132. The Morgan fingerprint density at radius 1 is 1.83 bits per heavy atom. The first-order valence-corrected chi connectivity index (χ1v) is 4.32. The van der Waals surface area contributed by atoms with Gasteiger partial charge in [-0.15, -0.1) is 0 Å². The summed E-state index contributed by atoms with van der Waals surface area (Å²) in [5.74, 6) is 0. The van der Waals surface area contributed by atoms with Crippen LogP contribution in [-0.4, -0.2) is 25.4 Å². The molecule has 0 spiro atoms. The van der Waals surface area contributed by atoms with E-state index in [4.69, 9.17) is 11.6 Å². The van der Waals surface area contributed by atoms with Crippen molar-refractivity contribution >= 4 is 32.0 Å². The third-order valence-electron chi connectivity index (χ3n) is 0.402. The van der Waals surface area contributed by atoms with Gasteiger partial charge in [-0.05, 0) is 0 Å². The number of rotatable bonds is 0.